The normalized spacial score (nSPS) is 10.8. The third kappa shape index (κ3) is 3.93. The summed E-state index contributed by atoms with van der Waals surface area (Å²) < 4.78 is 3.10. The van der Waals surface area contributed by atoms with Crippen molar-refractivity contribution < 1.29 is 4.79 Å². The van der Waals surface area contributed by atoms with Crippen molar-refractivity contribution in [1.82, 2.24) is 20.0 Å². The molecule has 0 aliphatic rings. The first-order chi connectivity index (χ1) is 11.4. The van der Waals surface area contributed by atoms with E-state index in [1.54, 1.807) is 29.2 Å². The molecule has 0 aliphatic carbocycles. The van der Waals surface area contributed by atoms with Crippen LogP contribution in [0.25, 0.3) is 0 Å². The molecule has 3 rings (SSSR count). The number of H-pyrrole nitrogens is 1. The van der Waals surface area contributed by atoms with E-state index in [1.165, 1.54) is 0 Å². The van der Waals surface area contributed by atoms with E-state index >= 15 is 0 Å². The number of amides is 1. The molecule has 0 bridgehead atoms. The fourth-order valence-electron chi connectivity index (χ4n) is 1.99. The molecular formula is C14H9BrCl2IN5O. The number of nitrogens with zero attached hydrogens (tertiary/aromatic N) is 3. The molecule has 10 heteroatoms. The molecule has 0 radical (unpaired) electrons. The lowest BCUT2D eigenvalue weighted by atomic mass is 10.2. The topological polar surface area (TPSA) is 75.6 Å². The van der Waals surface area contributed by atoms with Gasteiger partial charge in [0.15, 0.2) is 5.82 Å². The van der Waals surface area contributed by atoms with Crippen LogP contribution >= 0.6 is 61.7 Å². The Bertz CT molecular complexity index is 910. The fraction of sp³-hybridized carbons (Fsp3) is 0.0714. The highest BCUT2D eigenvalue weighted by molar-refractivity contribution is 14.1. The van der Waals surface area contributed by atoms with Gasteiger partial charge in [-0.15, -0.1) is 0 Å². The Morgan fingerprint density at radius 2 is 2.17 bits per heavy atom. The van der Waals surface area contributed by atoms with Crippen LogP contribution in [-0.4, -0.2) is 25.9 Å². The molecule has 1 amide bonds. The number of hydrogen-bond donors (Lipinski definition) is 2. The van der Waals surface area contributed by atoms with Gasteiger partial charge in [0.25, 0.3) is 5.91 Å². The number of benzene rings is 1. The highest BCUT2D eigenvalue weighted by Crippen LogP contribution is 2.25. The molecule has 2 aromatic heterocycles. The standard InChI is InChI=1S/C14H9BrCl2IN5O/c15-8-6-23(5-7-1-2-9(16)10(17)3-7)22-13(8)20-14(24)12-11(18)4-19-21-12/h1-4,6H,5H2,(H,19,21)(H,20,22,24). The van der Waals surface area contributed by atoms with Crippen molar-refractivity contribution in [3.05, 3.63) is 59.9 Å². The Hall–Kier alpha value is -1.10. The lowest BCUT2D eigenvalue weighted by molar-refractivity contribution is 0.102. The van der Waals surface area contributed by atoms with Gasteiger partial charge in [0.2, 0.25) is 0 Å². The van der Waals surface area contributed by atoms with E-state index in [4.69, 9.17) is 23.2 Å². The van der Waals surface area contributed by atoms with Gasteiger partial charge in [-0.3, -0.25) is 14.6 Å². The Morgan fingerprint density at radius 1 is 1.38 bits per heavy atom. The smallest absolute Gasteiger partial charge is 0.276 e. The summed E-state index contributed by atoms with van der Waals surface area (Å²) in [6, 6.07) is 5.39. The van der Waals surface area contributed by atoms with E-state index in [2.05, 4.69) is 36.5 Å². The average Bonchev–Trinajstić information content (AvgIpc) is 3.09. The van der Waals surface area contributed by atoms with Crippen molar-refractivity contribution in [2.75, 3.05) is 5.32 Å². The van der Waals surface area contributed by atoms with Gasteiger partial charge in [-0.05, 0) is 56.2 Å². The lowest BCUT2D eigenvalue weighted by Crippen LogP contribution is -2.14. The third-order valence-corrected chi connectivity index (χ3v) is 5.23. The molecule has 0 fully saturated rings. The first kappa shape index (κ1) is 17.7. The second-order valence-corrected chi connectivity index (χ2v) is 7.65. The quantitative estimate of drug-likeness (QED) is 0.476. The Balaban J connectivity index is 1.76. The molecular weight excluding hydrogens is 532 g/mol. The van der Waals surface area contributed by atoms with Gasteiger partial charge in [0.1, 0.15) is 5.69 Å². The number of aromatic amines is 1. The molecule has 2 N–H and O–H groups in total. The summed E-state index contributed by atoms with van der Waals surface area (Å²) in [6.45, 7) is 0.493. The Labute approximate surface area is 169 Å². The van der Waals surface area contributed by atoms with E-state index in [9.17, 15) is 4.79 Å². The van der Waals surface area contributed by atoms with Crippen LogP contribution in [0.5, 0.6) is 0 Å². The molecule has 0 unspecified atom stereocenters. The summed E-state index contributed by atoms with van der Waals surface area (Å²) in [5, 5.41) is 14.6. The number of rotatable bonds is 4. The number of carbonyl (C=O) groups is 1. The Morgan fingerprint density at radius 3 is 2.83 bits per heavy atom. The number of carbonyl (C=O) groups excluding carboxylic acids is 1. The summed E-state index contributed by atoms with van der Waals surface area (Å²) in [4.78, 5) is 12.2. The van der Waals surface area contributed by atoms with Crippen LogP contribution in [0.1, 0.15) is 16.1 Å². The van der Waals surface area contributed by atoms with Crippen molar-refractivity contribution >= 4 is 73.4 Å². The largest absolute Gasteiger partial charge is 0.303 e. The summed E-state index contributed by atoms with van der Waals surface area (Å²) in [7, 11) is 0. The van der Waals surface area contributed by atoms with Gasteiger partial charge in [-0.25, -0.2) is 0 Å². The van der Waals surface area contributed by atoms with Gasteiger partial charge >= 0.3 is 0 Å². The summed E-state index contributed by atoms with van der Waals surface area (Å²) >= 11 is 17.4. The molecule has 124 valence electrons. The SMILES string of the molecule is O=C(Nc1nn(Cc2ccc(Cl)c(Cl)c2)cc1Br)c1[nH]ncc1I. The molecule has 24 heavy (non-hydrogen) atoms. The number of nitrogens with one attached hydrogen (secondary N) is 2. The molecule has 6 nitrogen and oxygen atoms in total. The van der Waals surface area contributed by atoms with Crippen LogP contribution in [0.4, 0.5) is 5.82 Å². The van der Waals surface area contributed by atoms with Gasteiger partial charge in [-0.2, -0.15) is 10.2 Å². The number of hydrogen-bond acceptors (Lipinski definition) is 3. The molecule has 2 heterocycles. The zero-order chi connectivity index (χ0) is 17.3. The number of aromatic nitrogens is 4. The van der Waals surface area contributed by atoms with Gasteiger partial charge < -0.3 is 5.32 Å². The minimum atomic E-state index is -0.308. The van der Waals surface area contributed by atoms with Crippen molar-refractivity contribution in [2.24, 2.45) is 0 Å². The zero-order valence-electron chi connectivity index (χ0n) is 11.9. The second-order valence-electron chi connectivity index (χ2n) is 4.82. The maximum absolute atomic E-state index is 12.2. The molecule has 0 atom stereocenters. The third-order valence-electron chi connectivity index (χ3n) is 3.10. The van der Waals surface area contributed by atoms with Crippen LogP contribution in [0.3, 0.4) is 0 Å². The fourth-order valence-corrected chi connectivity index (χ4v) is 3.23. The molecule has 0 saturated carbocycles. The van der Waals surface area contributed by atoms with Crippen molar-refractivity contribution in [3.8, 4) is 0 Å². The van der Waals surface area contributed by atoms with Crippen molar-refractivity contribution in [1.29, 1.82) is 0 Å². The highest BCUT2D eigenvalue weighted by atomic mass is 127. The Kier molecular flexibility index (Phi) is 5.48. The van der Waals surface area contributed by atoms with Crippen LogP contribution in [-0.2, 0) is 6.54 Å². The average molecular weight is 541 g/mol. The van der Waals surface area contributed by atoms with Gasteiger partial charge in [0, 0.05) is 6.20 Å². The summed E-state index contributed by atoms with van der Waals surface area (Å²) in [5.74, 6) is 0.114. The van der Waals surface area contributed by atoms with E-state index < -0.39 is 0 Å². The van der Waals surface area contributed by atoms with Crippen molar-refractivity contribution in [2.45, 2.75) is 6.54 Å². The highest BCUT2D eigenvalue weighted by Gasteiger charge is 2.16. The number of halogens is 4. The minimum Gasteiger partial charge on any atom is -0.303 e. The van der Waals surface area contributed by atoms with E-state index in [-0.39, 0.29) is 5.91 Å². The van der Waals surface area contributed by atoms with Crippen LogP contribution in [0.15, 0.2) is 35.1 Å². The van der Waals surface area contributed by atoms with Crippen LogP contribution in [0, 0.1) is 3.57 Å². The maximum Gasteiger partial charge on any atom is 0.276 e. The second kappa shape index (κ2) is 7.42. The molecule has 0 saturated heterocycles. The van der Waals surface area contributed by atoms with Crippen LogP contribution < -0.4 is 5.32 Å². The van der Waals surface area contributed by atoms with Crippen molar-refractivity contribution in [3.63, 3.8) is 0 Å². The van der Waals surface area contributed by atoms with Crippen LogP contribution in [0.2, 0.25) is 10.0 Å². The van der Waals surface area contributed by atoms with Gasteiger partial charge in [-0.1, -0.05) is 29.3 Å². The predicted octanol–water partition coefficient (Wildman–Crippen LogP) is 4.58. The molecule has 3 aromatic rings. The molecule has 1 aromatic carbocycles. The van der Waals surface area contributed by atoms with E-state index in [0.29, 0.717) is 32.6 Å². The molecule has 0 aliphatic heterocycles. The summed E-state index contributed by atoms with van der Waals surface area (Å²) in [5.41, 5.74) is 1.34. The first-order valence-corrected chi connectivity index (χ1v) is 9.24. The monoisotopic (exact) mass is 539 g/mol. The van der Waals surface area contributed by atoms with Gasteiger partial charge in [0.05, 0.1) is 30.8 Å². The lowest BCUT2D eigenvalue weighted by Gasteiger charge is -2.04. The maximum atomic E-state index is 12.2. The van der Waals surface area contributed by atoms with E-state index in [0.717, 1.165) is 9.13 Å². The molecule has 0 spiro atoms. The predicted molar refractivity (Wildman–Crippen MR) is 105 cm³/mol. The number of anilines is 1. The first-order valence-electron chi connectivity index (χ1n) is 6.61. The minimum absolute atomic E-state index is 0.308. The summed E-state index contributed by atoms with van der Waals surface area (Å²) in [6.07, 6.45) is 3.35. The zero-order valence-corrected chi connectivity index (χ0v) is 17.1. The van der Waals surface area contributed by atoms with E-state index in [1.807, 2.05) is 28.7 Å².